The number of carbonyl (C=O) groups excluding carboxylic acids is 1. The zero-order valence-corrected chi connectivity index (χ0v) is 10.6. The molecule has 0 radical (unpaired) electrons. The van der Waals surface area contributed by atoms with Crippen LogP contribution in [0.4, 0.5) is 15.8 Å². The fourth-order valence-corrected chi connectivity index (χ4v) is 1.66. The Morgan fingerprint density at radius 1 is 1.53 bits per heavy atom. The number of hydrogen-bond acceptors (Lipinski definition) is 3. The lowest BCUT2D eigenvalue weighted by Crippen LogP contribution is -2.15. The summed E-state index contributed by atoms with van der Waals surface area (Å²) in [4.78, 5) is 11.7. The van der Waals surface area contributed by atoms with Crippen LogP contribution >= 0.6 is 0 Å². The molecule has 0 bridgehead atoms. The van der Waals surface area contributed by atoms with Crippen LogP contribution in [-0.2, 0) is 11.3 Å². The Balaban J connectivity index is 1.92. The molecular formula is C13H15FN4O. The molecule has 0 atom stereocenters. The van der Waals surface area contributed by atoms with E-state index in [9.17, 15) is 9.18 Å². The molecule has 1 amide bonds. The molecule has 0 saturated carbocycles. The number of aryl methyl sites for hydroxylation is 2. The predicted octanol–water partition coefficient (Wildman–Crippen LogP) is 1.94. The number of carbonyl (C=O) groups is 1. The maximum absolute atomic E-state index is 13.4. The minimum atomic E-state index is -0.502. The molecule has 2 aromatic rings. The summed E-state index contributed by atoms with van der Waals surface area (Å²) in [5.41, 5.74) is 7.07. The lowest BCUT2D eigenvalue weighted by Gasteiger charge is -2.07. The Morgan fingerprint density at radius 3 is 3.00 bits per heavy atom. The molecule has 0 aliphatic rings. The van der Waals surface area contributed by atoms with E-state index in [1.807, 2.05) is 13.1 Å². The summed E-state index contributed by atoms with van der Waals surface area (Å²) in [5.74, 6) is -0.782. The van der Waals surface area contributed by atoms with Crippen molar-refractivity contribution in [1.82, 2.24) is 9.78 Å². The van der Waals surface area contributed by atoms with E-state index in [4.69, 9.17) is 5.73 Å². The second kappa shape index (κ2) is 5.51. The van der Waals surface area contributed by atoms with Crippen LogP contribution in [0, 0.1) is 12.7 Å². The first-order valence-electron chi connectivity index (χ1n) is 5.88. The highest BCUT2D eigenvalue weighted by Crippen LogP contribution is 2.17. The van der Waals surface area contributed by atoms with E-state index >= 15 is 0 Å². The number of nitrogens with two attached hydrogens (primary N) is 1. The van der Waals surface area contributed by atoms with E-state index < -0.39 is 5.82 Å². The number of hydrogen-bond donors (Lipinski definition) is 2. The second-order valence-corrected chi connectivity index (χ2v) is 4.32. The van der Waals surface area contributed by atoms with Crippen LogP contribution in [-0.4, -0.2) is 15.7 Å². The zero-order chi connectivity index (χ0) is 13.8. The second-order valence-electron chi connectivity index (χ2n) is 4.32. The molecule has 0 aliphatic heterocycles. The third kappa shape index (κ3) is 3.54. The number of aromatic nitrogens is 2. The lowest BCUT2D eigenvalue weighted by atomic mass is 10.2. The van der Waals surface area contributed by atoms with Gasteiger partial charge in [0.1, 0.15) is 5.82 Å². The molecule has 1 aromatic carbocycles. The number of nitrogens with zero attached hydrogens (tertiary/aromatic N) is 2. The largest absolute Gasteiger partial charge is 0.399 e. The van der Waals surface area contributed by atoms with Gasteiger partial charge >= 0.3 is 0 Å². The fourth-order valence-electron chi connectivity index (χ4n) is 1.66. The molecule has 19 heavy (non-hydrogen) atoms. The maximum atomic E-state index is 13.4. The van der Waals surface area contributed by atoms with Gasteiger partial charge in [0.2, 0.25) is 5.91 Å². The van der Waals surface area contributed by atoms with Gasteiger partial charge in [0.15, 0.2) is 0 Å². The fraction of sp³-hybridized carbons (Fsp3) is 0.231. The van der Waals surface area contributed by atoms with Crippen LogP contribution in [0.3, 0.4) is 0 Å². The van der Waals surface area contributed by atoms with E-state index in [-0.39, 0.29) is 18.0 Å². The van der Waals surface area contributed by atoms with E-state index in [1.165, 1.54) is 18.2 Å². The molecule has 5 nitrogen and oxygen atoms in total. The van der Waals surface area contributed by atoms with E-state index in [0.717, 1.165) is 5.56 Å². The normalized spacial score (nSPS) is 10.4. The van der Waals surface area contributed by atoms with Crippen molar-refractivity contribution in [2.24, 2.45) is 0 Å². The molecule has 3 N–H and O–H groups in total. The summed E-state index contributed by atoms with van der Waals surface area (Å²) in [6.07, 6.45) is 3.78. The van der Waals surface area contributed by atoms with Gasteiger partial charge in [0, 0.05) is 24.8 Å². The highest BCUT2D eigenvalue weighted by atomic mass is 19.1. The Morgan fingerprint density at radius 2 is 2.32 bits per heavy atom. The van der Waals surface area contributed by atoms with Crippen LogP contribution < -0.4 is 11.1 Å². The number of anilines is 2. The van der Waals surface area contributed by atoms with Crippen LogP contribution in [0.15, 0.2) is 30.6 Å². The molecule has 1 aromatic heterocycles. The van der Waals surface area contributed by atoms with Gasteiger partial charge in [-0.15, -0.1) is 0 Å². The highest BCUT2D eigenvalue weighted by Gasteiger charge is 2.07. The Kier molecular flexibility index (Phi) is 3.79. The first-order valence-corrected chi connectivity index (χ1v) is 5.88. The van der Waals surface area contributed by atoms with Gasteiger partial charge in [-0.05, 0) is 30.7 Å². The van der Waals surface area contributed by atoms with Gasteiger partial charge < -0.3 is 11.1 Å². The average molecular weight is 262 g/mol. The van der Waals surface area contributed by atoms with Gasteiger partial charge in [-0.3, -0.25) is 9.48 Å². The van der Waals surface area contributed by atoms with Crippen molar-refractivity contribution in [2.75, 3.05) is 11.1 Å². The first-order chi connectivity index (χ1) is 9.04. The molecule has 6 heteroatoms. The van der Waals surface area contributed by atoms with Crippen molar-refractivity contribution in [3.05, 3.63) is 42.0 Å². The van der Waals surface area contributed by atoms with E-state index in [0.29, 0.717) is 12.2 Å². The number of benzene rings is 1. The average Bonchev–Trinajstić information content (AvgIpc) is 2.77. The third-order valence-corrected chi connectivity index (χ3v) is 2.59. The van der Waals surface area contributed by atoms with Gasteiger partial charge in [-0.25, -0.2) is 4.39 Å². The number of nitrogen functional groups attached to an aromatic ring is 1. The molecule has 0 saturated heterocycles. The van der Waals surface area contributed by atoms with Crippen molar-refractivity contribution in [2.45, 2.75) is 19.9 Å². The van der Waals surface area contributed by atoms with Crippen molar-refractivity contribution < 1.29 is 9.18 Å². The molecule has 100 valence electrons. The van der Waals surface area contributed by atoms with E-state index in [1.54, 1.807) is 10.9 Å². The lowest BCUT2D eigenvalue weighted by molar-refractivity contribution is -0.116. The van der Waals surface area contributed by atoms with Crippen molar-refractivity contribution in [3.63, 3.8) is 0 Å². The summed E-state index contributed by atoms with van der Waals surface area (Å²) in [6.45, 7) is 2.37. The molecule has 2 rings (SSSR count). The van der Waals surface area contributed by atoms with Crippen molar-refractivity contribution in [3.8, 4) is 0 Å². The Hall–Kier alpha value is -2.37. The smallest absolute Gasteiger partial charge is 0.226 e. The maximum Gasteiger partial charge on any atom is 0.226 e. The topological polar surface area (TPSA) is 72.9 Å². The van der Waals surface area contributed by atoms with Gasteiger partial charge in [0.05, 0.1) is 11.9 Å². The van der Waals surface area contributed by atoms with Crippen LogP contribution in [0.25, 0.3) is 0 Å². The molecule has 0 fully saturated rings. The number of amides is 1. The van der Waals surface area contributed by atoms with Crippen LogP contribution in [0.5, 0.6) is 0 Å². The van der Waals surface area contributed by atoms with Gasteiger partial charge in [0.25, 0.3) is 0 Å². The summed E-state index contributed by atoms with van der Waals surface area (Å²) in [7, 11) is 0. The molecule has 0 spiro atoms. The first kappa shape index (κ1) is 13.1. The zero-order valence-electron chi connectivity index (χ0n) is 10.6. The Bertz CT molecular complexity index is 594. The van der Waals surface area contributed by atoms with Crippen LogP contribution in [0.2, 0.25) is 0 Å². The SMILES string of the molecule is Cc1cnn(CCC(=O)Nc2cc(N)ccc2F)c1. The molecule has 0 aliphatic carbocycles. The number of rotatable bonds is 4. The Labute approximate surface area is 110 Å². The summed E-state index contributed by atoms with van der Waals surface area (Å²) < 4.78 is 15.1. The minimum absolute atomic E-state index is 0.0987. The molecular weight excluding hydrogens is 247 g/mol. The number of nitrogens with one attached hydrogen (secondary N) is 1. The third-order valence-electron chi connectivity index (χ3n) is 2.59. The summed E-state index contributed by atoms with van der Waals surface area (Å²) in [5, 5.41) is 6.56. The summed E-state index contributed by atoms with van der Waals surface area (Å²) >= 11 is 0. The number of halogens is 1. The standard InChI is InChI=1S/C13H15FN4O/c1-9-7-16-18(8-9)5-4-13(19)17-12-6-10(15)2-3-11(12)14/h2-3,6-8H,4-5,15H2,1H3,(H,17,19). The van der Waals surface area contributed by atoms with Crippen LogP contribution in [0.1, 0.15) is 12.0 Å². The van der Waals surface area contributed by atoms with Gasteiger partial charge in [-0.2, -0.15) is 5.10 Å². The van der Waals surface area contributed by atoms with E-state index in [2.05, 4.69) is 10.4 Å². The van der Waals surface area contributed by atoms with Crippen molar-refractivity contribution >= 4 is 17.3 Å². The van der Waals surface area contributed by atoms with Crippen molar-refractivity contribution in [1.29, 1.82) is 0 Å². The summed E-state index contributed by atoms with van der Waals surface area (Å²) in [6, 6.07) is 4.06. The minimum Gasteiger partial charge on any atom is -0.399 e. The predicted molar refractivity (Wildman–Crippen MR) is 71.0 cm³/mol. The molecule has 1 heterocycles. The molecule has 0 unspecified atom stereocenters. The monoisotopic (exact) mass is 262 g/mol. The highest BCUT2D eigenvalue weighted by molar-refractivity contribution is 5.91. The quantitative estimate of drug-likeness (QED) is 0.827. The van der Waals surface area contributed by atoms with Gasteiger partial charge in [-0.1, -0.05) is 0 Å².